The first-order valence-electron chi connectivity index (χ1n) is 5.81. The molecule has 1 aromatic rings. The largest absolute Gasteiger partial charge is 0.381 e. The van der Waals surface area contributed by atoms with E-state index >= 15 is 0 Å². The maximum Gasteiger partial charge on any atom is 0.102 e. The second-order valence-corrected chi connectivity index (χ2v) is 6.79. The van der Waals surface area contributed by atoms with Crippen molar-refractivity contribution in [2.45, 2.75) is 24.8 Å². The summed E-state index contributed by atoms with van der Waals surface area (Å²) in [7, 11) is -0.837. The summed E-state index contributed by atoms with van der Waals surface area (Å²) in [6, 6.07) is 8.13. The standard InChI is InChI=1S/C13H18N2OS2/c1-4-17-13-7-5-6-12(11(13)8-14)15-10(2)9-18(3)16/h5-7,10,15H,4,9H2,1-3H3. The maximum absolute atomic E-state index is 11.2. The van der Waals surface area contributed by atoms with E-state index in [4.69, 9.17) is 0 Å². The highest BCUT2D eigenvalue weighted by Gasteiger charge is 2.11. The maximum atomic E-state index is 11.2. The van der Waals surface area contributed by atoms with Crippen LogP contribution in [-0.2, 0) is 10.8 Å². The number of nitriles is 1. The summed E-state index contributed by atoms with van der Waals surface area (Å²) >= 11 is 1.66. The quantitative estimate of drug-likeness (QED) is 0.815. The molecule has 0 heterocycles. The van der Waals surface area contributed by atoms with Gasteiger partial charge in [0.25, 0.3) is 0 Å². The number of benzene rings is 1. The number of thioether (sulfide) groups is 1. The summed E-state index contributed by atoms with van der Waals surface area (Å²) in [6.45, 7) is 4.04. The van der Waals surface area contributed by atoms with E-state index in [1.54, 1.807) is 18.0 Å². The number of rotatable bonds is 6. The Bertz CT molecular complexity index is 469. The van der Waals surface area contributed by atoms with Gasteiger partial charge >= 0.3 is 0 Å². The lowest BCUT2D eigenvalue weighted by Gasteiger charge is -2.16. The third-order valence-corrected chi connectivity index (χ3v) is 4.23. The molecule has 1 rings (SSSR count). The Morgan fingerprint density at radius 3 is 2.83 bits per heavy atom. The van der Waals surface area contributed by atoms with Crippen LogP contribution in [0.1, 0.15) is 19.4 Å². The zero-order chi connectivity index (χ0) is 13.5. The highest BCUT2D eigenvalue weighted by Crippen LogP contribution is 2.28. The summed E-state index contributed by atoms with van der Waals surface area (Å²) in [6.07, 6.45) is 1.69. The Labute approximate surface area is 115 Å². The van der Waals surface area contributed by atoms with Gasteiger partial charge in [-0.2, -0.15) is 5.26 Å². The van der Waals surface area contributed by atoms with E-state index in [9.17, 15) is 9.47 Å². The van der Waals surface area contributed by atoms with Crippen molar-refractivity contribution in [3.63, 3.8) is 0 Å². The third-order valence-electron chi connectivity index (χ3n) is 2.32. The van der Waals surface area contributed by atoms with Crippen LogP contribution >= 0.6 is 11.8 Å². The van der Waals surface area contributed by atoms with Crippen LogP contribution in [0.25, 0.3) is 0 Å². The van der Waals surface area contributed by atoms with Gasteiger partial charge < -0.3 is 5.32 Å². The molecule has 0 aliphatic heterocycles. The predicted octanol–water partition coefficient (Wildman–Crippen LogP) is 2.85. The fraction of sp³-hybridized carbons (Fsp3) is 0.462. The first-order chi connectivity index (χ1) is 8.58. The van der Waals surface area contributed by atoms with Crippen LogP contribution < -0.4 is 5.32 Å². The normalized spacial score (nSPS) is 13.7. The van der Waals surface area contributed by atoms with Crippen molar-refractivity contribution in [2.75, 3.05) is 23.1 Å². The minimum atomic E-state index is -0.837. The second-order valence-electron chi connectivity index (χ2n) is 4.01. The molecule has 0 saturated heterocycles. The summed E-state index contributed by atoms with van der Waals surface area (Å²) in [5, 5.41) is 12.5. The van der Waals surface area contributed by atoms with E-state index < -0.39 is 10.8 Å². The topological polar surface area (TPSA) is 52.9 Å². The van der Waals surface area contributed by atoms with Crippen LogP contribution in [0.4, 0.5) is 5.69 Å². The van der Waals surface area contributed by atoms with Crippen molar-refractivity contribution >= 4 is 28.2 Å². The first-order valence-corrected chi connectivity index (χ1v) is 8.52. The van der Waals surface area contributed by atoms with Gasteiger partial charge in [-0.3, -0.25) is 4.21 Å². The third kappa shape index (κ3) is 4.35. The number of anilines is 1. The lowest BCUT2D eigenvalue weighted by atomic mass is 10.2. The average molecular weight is 282 g/mol. The van der Waals surface area contributed by atoms with Crippen LogP contribution in [0.2, 0.25) is 0 Å². The van der Waals surface area contributed by atoms with Crippen molar-refractivity contribution in [1.82, 2.24) is 0 Å². The van der Waals surface area contributed by atoms with Crippen LogP contribution in [0.15, 0.2) is 23.1 Å². The fourth-order valence-corrected chi connectivity index (χ4v) is 3.27. The summed E-state index contributed by atoms with van der Waals surface area (Å²) in [5.41, 5.74) is 1.51. The molecular weight excluding hydrogens is 264 g/mol. The molecule has 2 unspecified atom stereocenters. The lowest BCUT2D eigenvalue weighted by Crippen LogP contribution is -2.22. The second kappa shape index (κ2) is 7.45. The van der Waals surface area contributed by atoms with Crippen LogP contribution in [0, 0.1) is 11.3 Å². The van der Waals surface area contributed by atoms with Gasteiger partial charge in [0.2, 0.25) is 0 Å². The molecular formula is C13H18N2OS2. The molecule has 98 valence electrons. The molecule has 1 aromatic carbocycles. The minimum absolute atomic E-state index is 0.0878. The van der Waals surface area contributed by atoms with Crippen LogP contribution in [0.3, 0.4) is 0 Å². The molecule has 0 aliphatic rings. The van der Waals surface area contributed by atoms with Crippen LogP contribution in [0.5, 0.6) is 0 Å². The number of nitrogens with zero attached hydrogens (tertiary/aromatic N) is 1. The SMILES string of the molecule is CCSc1cccc(NC(C)CS(C)=O)c1C#N. The van der Waals surface area contributed by atoms with E-state index in [1.807, 2.05) is 25.1 Å². The Morgan fingerprint density at radius 2 is 2.28 bits per heavy atom. The van der Waals surface area contributed by atoms with Crippen molar-refractivity contribution in [2.24, 2.45) is 0 Å². The van der Waals surface area contributed by atoms with Gasteiger partial charge in [-0.05, 0) is 24.8 Å². The van der Waals surface area contributed by atoms with Gasteiger partial charge in [0, 0.05) is 33.7 Å². The van der Waals surface area contributed by atoms with Gasteiger partial charge in [-0.25, -0.2) is 0 Å². The number of hydrogen-bond donors (Lipinski definition) is 1. The van der Waals surface area contributed by atoms with E-state index in [1.165, 1.54) is 0 Å². The molecule has 5 heteroatoms. The Kier molecular flexibility index (Phi) is 6.23. The average Bonchev–Trinajstić information content (AvgIpc) is 2.28. The molecule has 0 aromatic heterocycles. The molecule has 0 fully saturated rings. The van der Waals surface area contributed by atoms with Crippen molar-refractivity contribution in [1.29, 1.82) is 5.26 Å². The van der Waals surface area contributed by atoms with Gasteiger partial charge in [0.05, 0.1) is 11.3 Å². The molecule has 0 aliphatic carbocycles. The van der Waals surface area contributed by atoms with Crippen LogP contribution in [-0.4, -0.2) is 28.0 Å². The van der Waals surface area contributed by atoms with Gasteiger partial charge in [0.1, 0.15) is 6.07 Å². The molecule has 1 N–H and O–H groups in total. The summed E-state index contributed by atoms with van der Waals surface area (Å²) < 4.78 is 11.2. The van der Waals surface area contributed by atoms with E-state index in [0.29, 0.717) is 11.3 Å². The number of nitrogens with one attached hydrogen (secondary N) is 1. The smallest absolute Gasteiger partial charge is 0.102 e. The number of hydrogen-bond acceptors (Lipinski definition) is 4. The van der Waals surface area contributed by atoms with E-state index in [2.05, 4.69) is 18.3 Å². The highest BCUT2D eigenvalue weighted by atomic mass is 32.2. The zero-order valence-corrected chi connectivity index (χ0v) is 12.5. The Morgan fingerprint density at radius 1 is 1.56 bits per heavy atom. The summed E-state index contributed by atoms with van der Waals surface area (Å²) in [5.74, 6) is 1.52. The fourth-order valence-electron chi connectivity index (χ4n) is 1.70. The van der Waals surface area contributed by atoms with Gasteiger partial charge in [-0.15, -0.1) is 11.8 Å². The molecule has 0 radical (unpaired) electrons. The molecule has 0 spiro atoms. The zero-order valence-electron chi connectivity index (χ0n) is 10.9. The molecule has 0 bridgehead atoms. The van der Waals surface area contributed by atoms with Crippen molar-refractivity contribution < 1.29 is 4.21 Å². The molecule has 0 saturated carbocycles. The molecule has 0 amide bonds. The molecule has 18 heavy (non-hydrogen) atoms. The lowest BCUT2D eigenvalue weighted by molar-refractivity contribution is 0.683. The van der Waals surface area contributed by atoms with Gasteiger partial charge in [-0.1, -0.05) is 13.0 Å². The van der Waals surface area contributed by atoms with E-state index in [0.717, 1.165) is 16.3 Å². The van der Waals surface area contributed by atoms with Crippen molar-refractivity contribution in [3.8, 4) is 6.07 Å². The minimum Gasteiger partial charge on any atom is -0.381 e. The molecule has 3 nitrogen and oxygen atoms in total. The highest BCUT2D eigenvalue weighted by molar-refractivity contribution is 7.99. The Hall–Kier alpha value is -0.990. The summed E-state index contributed by atoms with van der Waals surface area (Å²) in [4.78, 5) is 0.995. The Balaban J connectivity index is 2.92. The van der Waals surface area contributed by atoms with E-state index in [-0.39, 0.29) is 6.04 Å². The first kappa shape index (κ1) is 15.1. The molecule has 2 atom stereocenters. The monoisotopic (exact) mass is 282 g/mol. The van der Waals surface area contributed by atoms with Crippen molar-refractivity contribution in [3.05, 3.63) is 23.8 Å². The van der Waals surface area contributed by atoms with Gasteiger partial charge in [0.15, 0.2) is 0 Å². The predicted molar refractivity (Wildman–Crippen MR) is 79.6 cm³/mol.